The predicted octanol–water partition coefficient (Wildman–Crippen LogP) is 2.97. The summed E-state index contributed by atoms with van der Waals surface area (Å²) in [6.45, 7) is 0. The van der Waals surface area contributed by atoms with Crippen molar-refractivity contribution in [1.29, 1.82) is 5.26 Å². The zero-order valence-electron chi connectivity index (χ0n) is 8.39. The molecule has 2 aliphatic carbocycles. The second-order valence-electron chi connectivity index (χ2n) is 4.36. The standard InChI is InChI=1S/C12H11ClN2/c13-12-10(6-14)8-2-1-3-9(8)11(15-12)7-4-5-7/h7H,1-5H2. The summed E-state index contributed by atoms with van der Waals surface area (Å²) in [5.41, 5.74) is 4.32. The van der Waals surface area contributed by atoms with Crippen LogP contribution in [0.25, 0.3) is 0 Å². The lowest BCUT2D eigenvalue weighted by Gasteiger charge is -2.09. The summed E-state index contributed by atoms with van der Waals surface area (Å²) < 4.78 is 0. The zero-order chi connectivity index (χ0) is 10.4. The molecule has 15 heavy (non-hydrogen) atoms. The lowest BCUT2D eigenvalue weighted by molar-refractivity contribution is 0.896. The molecule has 0 radical (unpaired) electrons. The SMILES string of the molecule is N#Cc1c(Cl)nc(C2CC2)c2c1CCC2. The molecule has 0 saturated heterocycles. The monoisotopic (exact) mass is 218 g/mol. The molecule has 0 N–H and O–H groups in total. The van der Waals surface area contributed by atoms with E-state index in [0.29, 0.717) is 16.6 Å². The Kier molecular flexibility index (Phi) is 1.97. The minimum Gasteiger partial charge on any atom is -0.239 e. The number of nitriles is 1. The van der Waals surface area contributed by atoms with Gasteiger partial charge < -0.3 is 0 Å². The number of hydrogen-bond acceptors (Lipinski definition) is 2. The highest BCUT2D eigenvalue weighted by molar-refractivity contribution is 6.30. The molecule has 3 rings (SSSR count). The van der Waals surface area contributed by atoms with E-state index in [9.17, 15) is 0 Å². The maximum Gasteiger partial charge on any atom is 0.147 e. The minimum atomic E-state index is 0.417. The van der Waals surface area contributed by atoms with Crippen molar-refractivity contribution in [3.8, 4) is 6.07 Å². The minimum absolute atomic E-state index is 0.417. The molecule has 0 aromatic carbocycles. The van der Waals surface area contributed by atoms with Gasteiger partial charge in [0, 0.05) is 11.6 Å². The molecule has 2 aliphatic rings. The number of fused-ring (bicyclic) bond motifs is 1. The fourth-order valence-corrected chi connectivity index (χ4v) is 2.71. The van der Waals surface area contributed by atoms with Crippen molar-refractivity contribution < 1.29 is 0 Å². The molecule has 1 saturated carbocycles. The molecule has 0 atom stereocenters. The highest BCUT2D eigenvalue weighted by atomic mass is 35.5. The predicted molar refractivity (Wildman–Crippen MR) is 58.0 cm³/mol. The summed E-state index contributed by atoms with van der Waals surface area (Å²) in [5.74, 6) is 0.627. The Morgan fingerprint density at radius 2 is 2.00 bits per heavy atom. The molecule has 0 bridgehead atoms. The van der Waals surface area contributed by atoms with Gasteiger partial charge in [0.25, 0.3) is 0 Å². The van der Waals surface area contributed by atoms with Crippen molar-refractivity contribution in [3.63, 3.8) is 0 Å². The van der Waals surface area contributed by atoms with Crippen molar-refractivity contribution in [2.75, 3.05) is 0 Å². The van der Waals surface area contributed by atoms with Gasteiger partial charge >= 0.3 is 0 Å². The Hall–Kier alpha value is -1.07. The van der Waals surface area contributed by atoms with E-state index in [1.54, 1.807) is 0 Å². The largest absolute Gasteiger partial charge is 0.239 e. The first-order chi connectivity index (χ1) is 7.31. The van der Waals surface area contributed by atoms with Crippen LogP contribution >= 0.6 is 11.6 Å². The van der Waals surface area contributed by atoms with Gasteiger partial charge in [-0.2, -0.15) is 5.26 Å². The van der Waals surface area contributed by atoms with Crippen molar-refractivity contribution in [2.24, 2.45) is 0 Å². The number of nitrogens with zero attached hydrogens (tertiary/aromatic N) is 2. The van der Waals surface area contributed by atoms with E-state index in [1.165, 1.54) is 29.7 Å². The van der Waals surface area contributed by atoms with Gasteiger partial charge in [-0.15, -0.1) is 0 Å². The Morgan fingerprint density at radius 3 is 2.67 bits per heavy atom. The maximum absolute atomic E-state index is 9.05. The topological polar surface area (TPSA) is 36.7 Å². The summed E-state index contributed by atoms with van der Waals surface area (Å²) in [6.07, 6.45) is 5.70. The molecule has 76 valence electrons. The smallest absolute Gasteiger partial charge is 0.147 e. The third-order valence-electron chi connectivity index (χ3n) is 3.33. The van der Waals surface area contributed by atoms with Crippen molar-refractivity contribution in [3.05, 3.63) is 27.5 Å². The van der Waals surface area contributed by atoms with Gasteiger partial charge in [-0.3, -0.25) is 0 Å². The second-order valence-corrected chi connectivity index (χ2v) is 4.72. The number of pyridine rings is 1. The van der Waals surface area contributed by atoms with Crippen LogP contribution in [0, 0.1) is 11.3 Å². The molecule has 1 fully saturated rings. The normalized spacial score (nSPS) is 18.7. The molecule has 3 heteroatoms. The van der Waals surface area contributed by atoms with Crippen LogP contribution in [-0.4, -0.2) is 4.98 Å². The summed E-state index contributed by atoms with van der Waals surface area (Å²) in [6, 6.07) is 2.19. The van der Waals surface area contributed by atoms with Crippen LogP contribution in [0.15, 0.2) is 0 Å². The van der Waals surface area contributed by atoms with Crippen molar-refractivity contribution >= 4 is 11.6 Å². The fraction of sp³-hybridized carbons (Fsp3) is 0.500. The van der Waals surface area contributed by atoms with Gasteiger partial charge in [-0.25, -0.2) is 4.98 Å². The van der Waals surface area contributed by atoms with Crippen LogP contribution in [0.1, 0.15) is 47.6 Å². The molecule has 0 aliphatic heterocycles. The highest BCUT2D eigenvalue weighted by Gasteiger charge is 2.32. The number of halogens is 1. The number of rotatable bonds is 1. The lowest BCUT2D eigenvalue weighted by Crippen LogP contribution is -2.00. The first-order valence-corrected chi connectivity index (χ1v) is 5.80. The van der Waals surface area contributed by atoms with Crippen LogP contribution < -0.4 is 0 Å². The van der Waals surface area contributed by atoms with Crippen LogP contribution in [0.5, 0.6) is 0 Å². The average molecular weight is 219 g/mol. The van der Waals surface area contributed by atoms with Crippen LogP contribution in [-0.2, 0) is 12.8 Å². The molecular formula is C12H11ClN2. The maximum atomic E-state index is 9.05. The fourth-order valence-electron chi connectivity index (χ4n) is 2.46. The van der Waals surface area contributed by atoms with E-state index in [4.69, 9.17) is 16.9 Å². The Morgan fingerprint density at radius 1 is 1.27 bits per heavy atom. The van der Waals surface area contributed by atoms with Gasteiger partial charge in [-0.05, 0) is 43.2 Å². The first-order valence-electron chi connectivity index (χ1n) is 5.42. The van der Waals surface area contributed by atoms with E-state index < -0.39 is 0 Å². The first kappa shape index (κ1) is 9.18. The molecule has 0 unspecified atom stereocenters. The summed E-state index contributed by atoms with van der Waals surface area (Å²) >= 11 is 6.05. The van der Waals surface area contributed by atoms with E-state index in [0.717, 1.165) is 19.3 Å². The Bertz CT molecular complexity index is 469. The van der Waals surface area contributed by atoms with Crippen molar-refractivity contribution in [2.45, 2.75) is 38.0 Å². The third kappa shape index (κ3) is 1.34. The Balaban J connectivity index is 2.24. The lowest BCUT2D eigenvalue weighted by atomic mass is 10.0. The highest BCUT2D eigenvalue weighted by Crippen LogP contribution is 2.44. The average Bonchev–Trinajstić information content (AvgIpc) is 2.96. The summed E-state index contributed by atoms with van der Waals surface area (Å²) in [4.78, 5) is 4.42. The van der Waals surface area contributed by atoms with Gasteiger partial charge in [-0.1, -0.05) is 11.6 Å². The molecule has 1 aromatic rings. The zero-order valence-corrected chi connectivity index (χ0v) is 9.14. The Labute approximate surface area is 93.9 Å². The van der Waals surface area contributed by atoms with Crippen molar-refractivity contribution in [1.82, 2.24) is 4.98 Å². The van der Waals surface area contributed by atoms with E-state index in [-0.39, 0.29) is 0 Å². The number of aromatic nitrogens is 1. The van der Waals surface area contributed by atoms with Gasteiger partial charge in [0.2, 0.25) is 0 Å². The van der Waals surface area contributed by atoms with Crippen LogP contribution in [0.2, 0.25) is 5.15 Å². The van der Waals surface area contributed by atoms with Gasteiger partial charge in [0.15, 0.2) is 0 Å². The molecule has 2 nitrogen and oxygen atoms in total. The van der Waals surface area contributed by atoms with Crippen LogP contribution in [0.3, 0.4) is 0 Å². The molecular weight excluding hydrogens is 208 g/mol. The second kappa shape index (κ2) is 3.21. The summed E-state index contributed by atoms with van der Waals surface area (Å²) in [5, 5.41) is 9.47. The molecule has 0 spiro atoms. The third-order valence-corrected chi connectivity index (χ3v) is 3.60. The van der Waals surface area contributed by atoms with E-state index in [1.807, 2.05) is 0 Å². The van der Waals surface area contributed by atoms with Gasteiger partial charge in [0.1, 0.15) is 11.2 Å². The quantitative estimate of drug-likeness (QED) is 0.680. The molecule has 0 amide bonds. The van der Waals surface area contributed by atoms with E-state index in [2.05, 4.69) is 11.1 Å². The van der Waals surface area contributed by atoms with E-state index >= 15 is 0 Å². The van der Waals surface area contributed by atoms with Crippen LogP contribution in [0.4, 0.5) is 0 Å². The number of hydrogen-bond donors (Lipinski definition) is 0. The summed E-state index contributed by atoms with van der Waals surface area (Å²) in [7, 11) is 0. The molecule has 1 heterocycles. The molecule has 1 aromatic heterocycles. The van der Waals surface area contributed by atoms with Gasteiger partial charge in [0.05, 0.1) is 5.56 Å².